The van der Waals surface area contributed by atoms with Gasteiger partial charge in [-0.15, -0.1) is 0 Å². The predicted molar refractivity (Wildman–Crippen MR) is 83.3 cm³/mol. The number of carbonyl (C=O) groups is 1. The second-order valence-electron chi connectivity index (χ2n) is 5.56. The van der Waals surface area contributed by atoms with Crippen LogP contribution in [0.3, 0.4) is 0 Å². The van der Waals surface area contributed by atoms with Gasteiger partial charge < -0.3 is 10.6 Å². The molecule has 2 saturated heterocycles. The zero-order chi connectivity index (χ0) is 14.1. The van der Waals surface area contributed by atoms with Gasteiger partial charge in [-0.05, 0) is 63.5 Å². The van der Waals surface area contributed by atoms with E-state index in [-0.39, 0.29) is 5.91 Å². The maximum Gasteiger partial charge on any atom is 0.225 e. The minimum absolute atomic E-state index is 0.0219. The quantitative estimate of drug-likeness (QED) is 0.814. The summed E-state index contributed by atoms with van der Waals surface area (Å²) in [6.07, 6.45) is 6.87. The van der Waals surface area contributed by atoms with Gasteiger partial charge in [-0.25, -0.2) is 9.97 Å². The molecule has 2 aliphatic rings. The van der Waals surface area contributed by atoms with Gasteiger partial charge in [0.1, 0.15) is 9.21 Å². The molecule has 1 aromatic rings. The molecule has 0 aromatic carbocycles. The van der Waals surface area contributed by atoms with E-state index < -0.39 is 0 Å². The molecule has 2 fully saturated rings. The van der Waals surface area contributed by atoms with Crippen molar-refractivity contribution in [3.05, 3.63) is 15.4 Å². The number of carbonyl (C=O) groups excluding carboxylic acids is 1. The zero-order valence-corrected chi connectivity index (χ0v) is 14.1. The van der Waals surface area contributed by atoms with Crippen LogP contribution >= 0.6 is 31.9 Å². The van der Waals surface area contributed by atoms with Gasteiger partial charge in [0, 0.05) is 18.5 Å². The molecule has 1 amide bonds. The Morgan fingerprint density at radius 1 is 1.35 bits per heavy atom. The Balaban J connectivity index is 1.57. The molecule has 2 unspecified atom stereocenters. The van der Waals surface area contributed by atoms with E-state index in [0.29, 0.717) is 39.4 Å². The van der Waals surface area contributed by atoms with Gasteiger partial charge in [-0.2, -0.15) is 0 Å². The Labute approximate surface area is 134 Å². The molecule has 0 spiro atoms. The Morgan fingerprint density at radius 2 is 2.05 bits per heavy atom. The topological polar surface area (TPSA) is 66.9 Å². The first kappa shape index (κ1) is 14.4. The normalized spacial score (nSPS) is 28.4. The SMILES string of the molecule is O=C(CC1CC2CCC(C1)N2)Nc1ncc(Br)nc1Br. The molecule has 5 nitrogen and oxygen atoms in total. The fourth-order valence-corrected chi connectivity index (χ4v) is 4.13. The van der Waals surface area contributed by atoms with Crippen LogP contribution in [0.1, 0.15) is 32.1 Å². The molecule has 108 valence electrons. The highest BCUT2D eigenvalue weighted by atomic mass is 79.9. The maximum absolute atomic E-state index is 12.1. The molecule has 7 heteroatoms. The number of nitrogens with zero attached hydrogens (tertiary/aromatic N) is 2. The average molecular weight is 404 g/mol. The first-order chi connectivity index (χ1) is 9.60. The van der Waals surface area contributed by atoms with E-state index in [4.69, 9.17) is 0 Å². The molecule has 2 aliphatic heterocycles. The van der Waals surface area contributed by atoms with E-state index >= 15 is 0 Å². The lowest BCUT2D eigenvalue weighted by molar-refractivity contribution is -0.117. The molecule has 1 aromatic heterocycles. The lowest BCUT2D eigenvalue weighted by Crippen LogP contribution is -2.39. The van der Waals surface area contributed by atoms with Crippen molar-refractivity contribution in [1.29, 1.82) is 0 Å². The predicted octanol–water partition coefficient (Wildman–Crippen LogP) is 2.86. The van der Waals surface area contributed by atoms with E-state index in [1.807, 2.05) is 0 Å². The van der Waals surface area contributed by atoms with Crippen LogP contribution in [-0.4, -0.2) is 28.0 Å². The number of hydrogen-bond acceptors (Lipinski definition) is 4. The highest BCUT2D eigenvalue weighted by molar-refractivity contribution is 9.11. The van der Waals surface area contributed by atoms with Crippen molar-refractivity contribution >= 4 is 43.6 Å². The van der Waals surface area contributed by atoms with Crippen LogP contribution in [0.5, 0.6) is 0 Å². The third-order valence-corrected chi connectivity index (χ3v) is 4.94. The van der Waals surface area contributed by atoms with Gasteiger partial charge in [-0.1, -0.05) is 0 Å². The van der Waals surface area contributed by atoms with Crippen LogP contribution in [0, 0.1) is 5.92 Å². The largest absolute Gasteiger partial charge is 0.311 e. The Hall–Kier alpha value is -0.530. The lowest BCUT2D eigenvalue weighted by Gasteiger charge is -2.28. The van der Waals surface area contributed by atoms with Crippen molar-refractivity contribution in [3.8, 4) is 0 Å². The minimum atomic E-state index is 0.0219. The number of aromatic nitrogens is 2. The van der Waals surface area contributed by atoms with E-state index in [1.165, 1.54) is 12.8 Å². The van der Waals surface area contributed by atoms with Gasteiger partial charge >= 0.3 is 0 Å². The zero-order valence-electron chi connectivity index (χ0n) is 10.9. The van der Waals surface area contributed by atoms with Gasteiger partial charge in [0.25, 0.3) is 0 Å². The first-order valence-corrected chi connectivity index (χ1v) is 8.42. The molecule has 3 rings (SSSR count). The van der Waals surface area contributed by atoms with Crippen LogP contribution in [-0.2, 0) is 4.79 Å². The summed E-state index contributed by atoms with van der Waals surface area (Å²) in [5, 5.41) is 6.43. The van der Waals surface area contributed by atoms with Crippen LogP contribution in [0.25, 0.3) is 0 Å². The minimum Gasteiger partial charge on any atom is -0.311 e. The van der Waals surface area contributed by atoms with Crippen molar-refractivity contribution in [1.82, 2.24) is 15.3 Å². The second kappa shape index (κ2) is 6.07. The molecule has 0 radical (unpaired) electrons. The summed E-state index contributed by atoms with van der Waals surface area (Å²) in [6, 6.07) is 1.23. The Morgan fingerprint density at radius 3 is 2.70 bits per heavy atom. The van der Waals surface area contributed by atoms with E-state index in [1.54, 1.807) is 6.20 Å². The highest BCUT2D eigenvalue weighted by Gasteiger charge is 2.34. The number of rotatable bonds is 3. The highest BCUT2D eigenvalue weighted by Crippen LogP contribution is 2.33. The summed E-state index contributed by atoms with van der Waals surface area (Å²) in [7, 11) is 0. The molecule has 20 heavy (non-hydrogen) atoms. The molecule has 0 saturated carbocycles. The van der Waals surface area contributed by atoms with E-state index in [9.17, 15) is 4.79 Å². The summed E-state index contributed by atoms with van der Waals surface area (Å²) in [4.78, 5) is 20.4. The molecular weight excluding hydrogens is 388 g/mol. The summed E-state index contributed by atoms with van der Waals surface area (Å²) < 4.78 is 1.18. The number of piperidine rings is 1. The van der Waals surface area contributed by atoms with Crippen LogP contribution < -0.4 is 10.6 Å². The van der Waals surface area contributed by atoms with Gasteiger partial charge in [0.2, 0.25) is 5.91 Å². The standard InChI is InChI=1S/C13H16Br2N4O/c14-10-6-16-13(12(15)18-10)19-11(20)5-7-3-8-1-2-9(4-7)17-8/h6-9,17H,1-5H2,(H,16,19,20). The fraction of sp³-hybridized carbons (Fsp3) is 0.615. The van der Waals surface area contributed by atoms with E-state index in [2.05, 4.69) is 52.5 Å². The van der Waals surface area contributed by atoms with Crippen molar-refractivity contribution in [2.24, 2.45) is 5.92 Å². The van der Waals surface area contributed by atoms with Crippen LogP contribution in [0.2, 0.25) is 0 Å². The number of nitrogens with one attached hydrogen (secondary N) is 2. The fourth-order valence-electron chi connectivity index (χ4n) is 3.22. The smallest absolute Gasteiger partial charge is 0.225 e. The molecule has 3 heterocycles. The van der Waals surface area contributed by atoms with Gasteiger partial charge in [-0.3, -0.25) is 4.79 Å². The number of fused-ring (bicyclic) bond motifs is 2. The van der Waals surface area contributed by atoms with Crippen molar-refractivity contribution < 1.29 is 4.79 Å². The van der Waals surface area contributed by atoms with Crippen molar-refractivity contribution in [2.45, 2.75) is 44.2 Å². The number of hydrogen-bond donors (Lipinski definition) is 2. The Kier molecular flexibility index (Phi) is 4.37. The monoisotopic (exact) mass is 402 g/mol. The summed E-state index contributed by atoms with van der Waals surface area (Å²) in [5.41, 5.74) is 0. The first-order valence-electron chi connectivity index (χ1n) is 6.84. The third-order valence-electron chi connectivity index (χ3n) is 4.00. The van der Waals surface area contributed by atoms with Crippen LogP contribution in [0.15, 0.2) is 15.4 Å². The Bertz CT molecular complexity index is 513. The van der Waals surface area contributed by atoms with Gasteiger partial charge in [0.15, 0.2) is 5.82 Å². The molecular formula is C13H16Br2N4O. The average Bonchev–Trinajstić information content (AvgIpc) is 2.72. The lowest BCUT2D eigenvalue weighted by atomic mass is 9.89. The molecule has 2 bridgehead atoms. The van der Waals surface area contributed by atoms with Crippen molar-refractivity contribution in [2.75, 3.05) is 5.32 Å². The number of halogens is 2. The molecule has 2 atom stereocenters. The van der Waals surface area contributed by atoms with Crippen molar-refractivity contribution in [3.63, 3.8) is 0 Å². The molecule has 2 N–H and O–H groups in total. The third kappa shape index (κ3) is 3.38. The summed E-state index contributed by atoms with van der Waals surface area (Å²) in [5.74, 6) is 0.986. The van der Waals surface area contributed by atoms with Crippen LogP contribution in [0.4, 0.5) is 5.82 Å². The number of anilines is 1. The van der Waals surface area contributed by atoms with E-state index in [0.717, 1.165) is 12.8 Å². The number of amides is 1. The summed E-state index contributed by atoms with van der Waals surface area (Å²) >= 11 is 6.54. The second-order valence-corrected chi connectivity index (χ2v) is 7.12. The summed E-state index contributed by atoms with van der Waals surface area (Å²) in [6.45, 7) is 0. The van der Waals surface area contributed by atoms with Gasteiger partial charge in [0.05, 0.1) is 6.20 Å². The maximum atomic E-state index is 12.1. The molecule has 0 aliphatic carbocycles.